The fraction of sp³-hybridized carbons (Fsp3) is 0.0526. The number of hydrogen-bond donors (Lipinski definition) is 2. The van der Waals surface area contributed by atoms with Crippen molar-refractivity contribution in [1.29, 1.82) is 0 Å². The molecule has 0 aliphatic heterocycles. The molecule has 0 spiro atoms. The number of nitrogens with zero attached hydrogens (tertiary/aromatic N) is 5. The van der Waals surface area contributed by atoms with Gasteiger partial charge in [0.25, 0.3) is 15.9 Å². The number of anilines is 2. The molecule has 2 N–H and O–H groups in total. The molecule has 3 aromatic heterocycles. The normalized spacial score (nSPS) is 11.2. The molecule has 0 fully saturated rings. The van der Waals surface area contributed by atoms with Crippen molar-refractivity contribution in [3.8, 4) is 0 Å². The molecule has 34 heavy (non-hydrogen) atoms. The molecule has 0 aliphatic rings. The summed E-state index contributed by atoms with van der Waals surface area (Å²) in [6.45, 7) is 0.0738. The second kappa shape index (κ2) is 9.40. The molecule has 1 amide bonds. The van der Waals surface area contributed by atoms with Gasteiger partial charge in [0.05, 0.1) is 16.2 Å². The average molecular weight is 548 g/mol. The minimum atomic E-state index is -3.90. The highest BCUT2D eigenvalue weighted by Crippen LogP contribution is 2.23. The van der Waals surface area contributed by atoms with Crippen molar-refractivity contribution in [2.24, 2.45) is 0 Å². The van der Waals surface area contributed by atoms with Gasteiger partial charge in [-0.25, -0.2) is 23.1 Å². The summed E-state index contributed by atoms with van der Waals surface area (Å²) in [5.74, 6) is -0.613. The molecule has 0 radical (unpaired) electrons. The lowest BCUT2D eigenvalue weighted by atomic mass is 10.3. The first-order chi connectivity index (χ1) is 16.2. The molecule has 174 valence electrons. The topological polar surface area (TPSA) is 175 Å². The van der Waals surface area contributed by atoms with Crippen LogP contribution in [0.3, 0.4) is 0 Å². The van der Waals surface area contributed by atoms with Gasteiger partial charge in [0.2, 0.25) is 5.95 Å². The lowest BCUT2D eigenvalue weighted by molar-refractivity contribution is -0.390. The van der Waals surface area contributed by atoms with Crippen LogP contribution in [0.5, 0.6) is 0 Å². The molecule has 0 saturated carbocycles. The Bertz CT molecular complexity index is 1450. The van der Waals surface area contributed by atoms with Crippen molar-refractivity contribution >= 4 is 49.3 Å². The first-order valence-electron chi connectivity index (χ1n) is 9.38. The van der Waals surface area contributed by atoms with Crippen molar-refractivity contribution < 1.29 is 22.6 Å². The molecular formula is C19H14BrN7O6S. The van der Waals surface area contributed by atoms with Gasteiger partial charge in [-0.2, -0.15) is 4.68 Å². The van der Waals surface area contributed by atoms with Crippen LogP contribution in [-0.4, -0.2) is 39.0 Å². The predicted octanol–water partition coefficient (Wildman–Crippen LogP) is 3.04. The number of aromatic nitrogens is 4. The quantitative estimate of drug-likeness (QED) is 0.248. The van der Waals surface area contributed by atoms with Crippen molar-refractivity contribution in [3.05, 3.63) is 87.2 Å². The van der Waals surface area contributed by atoms with Crippen LogP contribution in [-0.2, 0) is 16.6 Å². The molecule has 1 aromatic carbocycles. The zero-order valence-corrected chi connectivity index (χ0v) is 19.4. The standard InChI is InChI=1S/C19H14BrN7O6S/c20-15-11-26(24-17(15)27(29)30)10-13-4-7-16(33-13)18(28)23-12-2-5-14(6-3-12)34(31,32)25-19-21-8-1-9-22-19/h1-9,11H,10H2,(H,23,28)(H,21,22,25). The van der Waals surface area contributed by atoms with E-state index in [1.807, 2.05) is 0 Å². The van der Waals surface area contributed by atoms with Gasteiger partial charge in [-0.15, -0.1) is 0 Å². The second-order valence-electron chi connectivity index (χ2n) is 6.68. The van der Waals surface area contributed by atoms with Crippen molar-refractivity contribution in [2.75, 3.05) is 10.0 Å². The Balaban J connectivity index is 1.40. The number of halogens is 1. The number of hydrogen-bond acceptors (Lipinski definition) is 9. The Kier molecular flexibility index (Phi) is 6.38. The third kappa shape index (κ3) is 5.26. The second-order valence-corrected chi connectivity index (χ2v) is 9.21. The smallest absolute Gasteiger partial charge is 0.404 e. The summed E-state index contributed by atoms with van der Waals surface area (Å²) in [7, 11) is -3.90. The molecule has 13 nitrogen and oxygen atoms in total. The van der Waals surface area contributed by atoms with E-state index < -0.39 is 20.9 Å². The van der Waals surface area contributed by atoms with E-state index in [4.69, 9.17) is 4.42 Å². The highest BCUT2D eigenvalue weighted by molar-refractivity contribution is 9.10. The summed E-state index contributed by atoms with van der Waals surface area (Å²) in [4.78, 5) is 30.3. The lowest BCUT2D eigenvalue weighted by Crippen LogP contribution is -2.15. The van der Waals surface area contributed by atoms with E-state index in [-0.39, 0.29) is 33.4 Å². The van der Waals surface area contributed by atoms with Crippen LogP contribution in [0.1, 0.15) is 16.3 Å². The summed E-state index contributed by atoms with van der Waals surface area (Å²) in [5.41, 5.74) is 0.337. The summed E-state index contributed by atoms with van der Waals surface area (Å²) in [6.07, 6.45) is 4.23. The number of benzene rings is 1. The van der Waals surface area contributed by atoms with Crippen LogP contribution >= 0.6 is 15.9 Å². The highest BCUT2D eigenvalue weighted by atomic mass is 79.9. The van der Waals surface area contributed by atoms with Crippen LogP contribution in [0.25, 0.3) is 0 Å². The number of carbonyl (C=O) groups excluding carboxylic acids is 1. The third-order valence-electron chi connectivity index (χ3n) is 4.29. The zero-order chi connectivity index (χ0) is 24.3. The first-order valence-corrected chi connectivity index (χ1v) is 11.7. The molecule has 4 aromatic rings. The summed E-state index contributed by atoms with van der Waals surface area (Å²) < 4.78 is 34.1. The van der Waals surface area contributed by atoms with E-state index in [0.717, 1.165) is 0 Å². The molecule has 15 heteroatoms. The Morgan fingerprint density at radius 3 is 2.50 bits per heavy atom. The van der Waals surface area contributed by atoms with Crippen LogP contribution < -0.4 is 10.0 Å². The Morgan fingerprint density at radius 1 is 1.15 bits per heavy atom. The zero-order valence-electron chi connectivity index (χ0n) is 17.0. The summed E-state index contributed by atoms with van der Waals surface area (Å²) in [5, 5.41) is 17.3. The maximum atomic E-state index is 12.5. The molecular weight excluding hydrogens is 534 g/mol. The van der Waals surface area contributed by atoms with E-state index in [2.05, 4.69) is 41.0 Å². The van der Waals surface area contributed by atoms with E-state index in [1.54, 1.807) is 12.1 Å². The minimum absolute atomic E-state index is 0.00434. The summed E-state index contributed by atoms with van der Waals surface area (Å²) in [6, 6.07) is 10.0. The van der Waals surface area contributed by atoms with E-state index in [0.29, 0.717) is 11.4 Å². The van der Waals surface area contributed by atoms with Crippen LogP contribution in [0.2, 0.25) is 0 Å². The van der Waals surface area contributed by atoms with Crippen molar-refractivity contribution in [3.63, 3.8) is 0 Å². The molecule has 0 atom stereocenters. The molecule has 3 heterocycles. The SMILES string of the molecule is O=C(Nc1ccc(S(=O)(=O)Nc2ncccn2)cc1)c1ccc(Cn2cc(Br)c([N+](=O)[O-])n2)o1. The number of amides is 1. The third-order valence-corrected chi connectivity index (χ3v) is 6.19. The van der Waals surface area contributed by atoms with Crippen LogP contribution in [0.15, 0.2) is 74.8 Å². The van der Waals surface area contributed by atoms with E-state index in [1.165, 1.54) is 53.6 Å². The minimum Gasteiger partial charge on any atom is -0.454 e. The van der Waals surface area contributed by atoms with Gasteiger partial charge in [-0.05, 0) is 63.3 Å². The van der Waals surface area contributed by atoms with Gasteiger partial charge >= 0.3 is 5.82 Å². The van der Waals surface area contributed by atoms with E-state index in [9.17, 15) is 23.3 Å². The van der Waals surface area contributed by atoms with Gasteiger partial charge in [-0.3, -0.25) is 4.79 Å². The fourth-order valence-corrected chi connectivity index (χ4v) is 4.20. The number of nitrogens with one attached hydrogen (secondary N) is 2. The van der Waals surface area contributed by atoms with Gasteiger partial charge in [0.1, 0.15) is 16.8 Å². The number of carbonyl (C=O) groups is 1. The maximum absolute atomic E-state index is 12.5. The number of nitro groups is 1. The molecule has 4 rings (SSSR count). The van der Waals surface area contributed by atoms with Crippen LogP contribution in [0.4, 0.5) is 17.5 Å². The Hall–Kier alpha value is -4.11. The van der Waals surface area contributed by atoms with E-state index >= 15 is 0 Å². The number of sulfonamides is 1. The fourth-order valence-electron chi connectivity index (χ4n) is 2.78. The van der Waals surface area contributed by atoms with Crippen LogP contribution in [0, 0.1) is 10.1 Å². The number of furan rings is 1. The largest absolute Gasteiger partial charge is 0.454 e. The summed E-state index contributed by atoms with van der Waals surface area (Å²) >= 11 is 3.06. The Morgan fingerprint density at radius 2 is 1.85 bits per heavy atom. The van der Waals surface area contributed by atoms with Gasteiger partial charge in [0, 0.05) is 18.1 Å². The Labute approximate surface area is 200 Å². The molecule has 0 bridgehead atoms. The average Bonchev–Trinajstić information content (AvgIpc) is 3.41. The number of rotatable bonds is 8. The lowest BCUT2D eigenvalue weighted by Gasteiger charge is -2.08. The first kappa shape index (κ1) is 23.1. The highest BCUT2D eigenvalue weighted by Gasteiger charge is 2.20. The molecule has 0 unspecified atom stereocenters. The predicted molar refractivity (Wildman–Crippen MR) is 122 cm³/mol. The molecule has 0 saturated heterocycles. The van der Waals surface area contributed by atoms with Gasteiger partial charge in [-0.1, -0.05) is 0 Å². The maximum Gasteiger partial charge on any atom is 0.404 e. The molecule has 0 aliphatic carbocycles. The van der Waals surface area contributed by atoms with Crippen molar-refractivity contribution in [1.82, 2.24) is 19.7 Å². The van der Waals surface area contributed by atoms with Gasteiger partial charge < -0.3 is 19.8 Å². The van der Waals surface area contributed by atoms with Crippen molar-refractivity contribution in [2.45, 2.75) is 11.4 Å². The van der Waals surface area contributed by atoms with Gasteiger partial charge in [0.15, 0.2) is 5.76 Å². The monoisotopic (exact) mass is 547 g/mol.